The number of nitrogens with one attached hydrogen (secondary N) is 1. The van der Waals surface area contributed by atoms with Crippen molar-refractivity contribution >= 4 is 17.7 Å². The van der Waals surface area contributed by atoms with Crippen LogP contribution in [0.15, 0.2) is 47.2 Å². The van der Waals surface area contributed by atoms with Crippen molar-refractivity contribution in [3.8, 4) is 0 Å². The number of anilines is 1. The van der Waals surface area contributed by atoms with Crippen molar-refractivity contribution in [3.63, 3.8) is 0 Å². The van der Waals surface area contributed by atoms with Crippen molar-refractivity contribution in [2.24, 2.45) is 0 Å². The van der Waals surface area contributed by atoms with Gasteiger partial charge in [-0.2, -0.15) is 0 Å². The van der Waals surface area contributed by atoms with Crippen molar-refractivity contribution in [1.82, 2.24) is 4.98 Å². The first-order valence-corrected chi connectivity index (χ1v) is 5.19. The average Bonchev–Trinajstić information content (AvgIpc) is 2.79. The van der Waals surface area contributed by atoms with Crippen molar-refractivity contribution in [1.29, 1.82) is 0 Å². The molecule has 0 aromatic carbocycles. The van der Waals surface area contributed by atoms with Crippen molar-refractivity contribution in [2.75, 3.05) is 5.32 Å². The number of carbonyl (C=O) groups excluding carboxylic acids is 1. The number of furan rings is 1. The Hall–Kier alpha value is -2.36. The van der Waals surface area contributed by atoms with Gasteiger partial charge in [-0.05, 0) is 37.3 Å². The fourth-order valence-electron chi connectivity index (χ4n) is 1.35. The standard InChI is InChI=1S/C13H12N2O2/c1-10-9-11(6-7-14-10)15-13(16)5-4-12-3-2-8-17-12/h2-9H,1H3,(H,14,15,16)/b5-4+. The van der Waals surface area contributed by atoms with Crippen molar-refractivity contribution in [3.05, 3.63) is 54.3 Å². The lowest BCUT2D eigenvalue weighted by Gasteiger charge is -2.01. The number of hydrogen-bond acceptors (Lipinski definition) is 3. The second-order valence-corrected chi connectivity index (χ2v) is 3.52. The normalized spacial score (nSPS) is 10.6. The maximum Gasteiger partial charge on any atom is 0.248 e. The molecule has 0 unspecified atom stereocenters. The van der Waals surface area contributed by atoms with E-state index >= 15 is 0 Å². The molecule has 2 aromatic heterocycles. The van der Waals surface area contributed by atoms with Gasteiger partial charge in [-0.1, -0.05) is 0 Å². The van der Waals surface area contributed by atoms with E-state index in [1.54, 1.807) is 42.8 Å². The highest BCUT2D eigenvalue weighted by Crippen LogP contribution is 2.07. The number of carbonyl (C=O) groups is 1. The minimum atomic E-state index is -0.202. The van der Waals surface area contributed by atoms with E-state index in [1.807, 2.05) is 6.92 Å². The van der Waals surface area contributed by atoms with Crippen LogP contribution in [0, 0.1) is 6.92 Å². The monoisotopic (exact) mass is 228 g/mol. The van der Waals surface area contributed by atoms with E-state index in [1.165, 1.54) is 6.08 Å². The Labute approximate surface area is 99.0 Å². The third-order valence-corrected chi connectivity index (χ3v) is 2.11. The Morgan fingerprint density at radius 1 is 1.47 bits per heavy atom. The van der Waals surface area contributed by atoms with Crippen LogP contribution in [0.2, 0.25) is 0 Å². The van der Waals surface area contributed by atoms with Crippen LogP contribution in [0.5, 0.6) is 0 Å². The summed E-state index contributed by atoms with van der Waals surface area (Å²) in [5.41, 5.74) is 1.59. The molecule has 86 valence electrons. The second kappa shape index (κ2) is 5.12. The van der Waals surface area contributed by atoms with Gasteiger partial charge < -0.3 is 9.73 Å². The van der Waals surface area contributed by atoms with Crippen molar-refractivity contribution < 1.29 is 9.21 Å². The van der Waals surface area contributed by atoms with Gasteiger partial charge in [-0.3, -0.25) is 9.78 Å². The number of aryl methyl sites for hydroxylation is 1. The molecular formula is C13H12N2O2. The molecule has 4 heteroatoms. The molecule has 0 saturated heterocycles. The summed E-state index contributed by atoms with van der Waals surface area (Å²) in [5.74, 6) is 0.443. The van der Waals surface area contributed by atoms with Crippen LogP contribution in [-0.2, 0) is 4.79 Å². The van der Waals surface area contributed by atoms with Crippen LogP contribution in [0.3, 0.4) is 0 Å². The Morgan fingerprint density at radius 2 is 2.35 bits per heavy atom. The molecule has 0 spiro atoms. The number of nitrogens with zero attached hydrogens (tertiary/aromatic N) is 1. The van der Waals surface area contributed by atoms with E-state index in [-0.39, 0.29) is 5.91 Å². The van der Waals surface area contributed by atoms with E-state index in [9.17, 15) is 4.79 Å². The van der Waals surface area contributed by atoms with Crippen molar-refractivity contribution in [2.45, 2.75) is 6.92 Å². The zero-order valence-corrected chi connectivity index (χ0v) is 9.38. The van der Waals surface area contributed by atoms with Gasteiger partial charge in [-0.25, -0.2) is 0 Å². The molecule has 0 aliphatic heterocycles. The largest absolute Gasteiger partial charge is 0.465 e. The molecule has 0 saturated carbocycles. The van der Waals surface area contributed by atoms with Gasteiger partial charge in [0.25, 0.3) is 0 Å². The van der Waals surface area contributed by atoms with Gasteiger partial charge in [0.2, 0.25) is 5.91 Å². The molecule has 0 atom stereocenters. The van der Waals surface area contributed by atoms with Gasteiger partial charge in [0, 0.05) is 23.7 Å². The Kier molecular flexibility index (Phi) is 3.35. The Morgan fingerprint density at radius 3 is 3.06 bits per heavy atom. The van der Waals surface area contributed by atoms with Crippen LogP contribution in [0.25, 0.3) is 6.08 Å². The minimum Gasteiger partial charge on any atom is -0.465 e. The lowest BCUT2D eigenvalue weighted by atomic mass is 10.3. The number of pyridine rings is 1. The predicted molar refractivity (Wildman–Crippen MR) is 65.3 cm³/mol. The van der Waals surface area contributed by atoms with Gasteiger partial charge in [0.05, 0.1) is 6.26 Å². The van der Waals surface area contributed by atoms with E-state index in [0.29, 0.717) is 5.76 Å². The first kappa shape index (κ1) is 11.1. The summed E-state index contributed by atoms with van der Waals surface area (Å²) in [7, 11) is 0. The van der Waals surface area contributed by atoms with E-state index in [0.717, 1.165) is 11.4 Å². The molecule has 2 aromatic rings. The molecule has 1 amide bonds. The highest BCUT2D eigenvalue weighted by molar-refractivity contribution is 6.01. The number of amides is 1. The van der Waals surface area contributed by atoms with Gasteiger partial charge in [0.15, 0.2) is 0 Å². The van der Waals surface area contributed by atoms with Crippen LogP contribution < -0.4 is 5.32 Å². The van der Waals surface area contributed by atoms with E-state index in [4.69, 9.17) is 4.42 Å². The smallest absolute Gasteiger partial charge is 0.248 e. The molecule has 0 bridgehead atoms. The lowest BCUT2D eigenvalue weighted by molar-refractivity contribution is -0.111. The summed E-state index contributed by atoms with van der Waals surface area (Å²) in [6, 6.07) is 7.09. The van der Waals surface area contributed by atoms with Gasteiger partial charge in [0.1, 0.15) is 5.76 Å². The summed E-state index contributed by atoms with van der Waals surface area (Å²) in [6.45, 7) is 1.87. The van der Waals surface area contributed by atoms with Gasteiger partial charge in [-0.15, -0.1) is 0 Å². The molecule has 4 nitrogen and oxygen atoms in total. The van der Waals surface area contributed by atoms with E-state index < -0.39 is 0 Å². The average molecular weight is 228 g/mol. The third-order valence-electron chi connectivity index (χ3n) is 2.11. The highest BCUT2D eigenvalue weighted by atomic mass is 16.3. The number of aromatic nitrogens is 1. The number of rotatable bonds is 3. The summed E-state index contributed by atoms with van der Waals surface area (Å²) >= 11 is 0. The third kappa shape index (κ3) is 3.31. The predicted octanol–water partition coefficient (Wildman–Crippen LogP) is 2.63. The lowest BCUT2D eigenvalue weighted by Crippen LogP contribution is -2.07. The summed E-state index contributed by atoms with van der Waals surface area (Å²) in [4.78, 5) is 15.6. The van der Waals surface area contributed by atoms with E-state index in [2.05, 4.69) is 10.3 Å². The van der Waals surface area contributed by atoms with Gasteiger partial charge >= 0.3 is 0 Å². The van der Waals surface area contributed by atoms with Crippen LogP contribution >= 0.6 is 0 Å². The molecule has 0 aliphatic carbocycles. The van der Waals surface area contributed by atoms with Crippen LogP contribution in [-0.4, -0.2) is 10.9 Å². The topological polar surface area (TPSA) is 55.1 Å². The highest BCUT2D eigenvalue weighted by Gasteiger charge is 1.98. The SMILES string of the molecule is Cc1cc(NC(=O)/C=C/c2ccco2)ccn1. The zero-order chi connectivity index (χ0) is 12.1. The summed E-state index contributed by atoms with van der Waals surface area (Å²) < 4.78 is 5.08. The molecule has 2 rings (SSSR count). The first-order valence-electron chi connectivity index (χ1n) is 5.19. The van der Waals surface area contributed by atoms with Crippen LogP contribution in [0.4, 0.5) is 5.69 Å². The maximum atomic E-state index is 11.6. The van der Waals surface area contributed by atoms with Crippen LogP contribution in [0.1, 0.15) is 11.5 Å². The Bertz CT molecular complexity index is 530. The second-order valence-electron chi connectivity index (χ2n) is 3.52. The summed E-state index contributed by atoms with van der Waals surface area (Å²) in [6.07, 6.45) is 6.25. The molecule has 1 N–H and O–H groups in total. The fourth-order valence-corrected chi connectivity index (χ4v) is 1.35. The molecule has 2 heterocycles. The fraction of sp³-hybridized carbons (Fsp3) is 0.0769. The quantitative estimate of drug-likeness (QED) is 0.821. The molecule has 0 fully saturated rings. The zero-order valence-electron chi connectivity index (χ0n) is 9.38. The maximum absolute atomic E-state index is 11.6. The first-order chi connectivity index (χ1) is 8.24. The summed E-state index contributed by atoms with van der Waals surface area (Å²) in [5, 5.41) is 2.74. The molecule has 0 aliphatic rings. The molecule has 17 heavy (non-hydrogen) atoms. The molecular weight excluding hydrogens is 216 g/mol. The Balaban J connectivity index is 1.98. The molecule has 0 radical (unpaired) electrons. The minimum absolute atomic E-state index is 0.202. The number of hydrogen-bond donors (Lipinski definition) is 1.